The predicted molar refractivity (Wildman–Crippen MR) is 113 cm³/mol. The normalized spacial score (nSPS) is 11.8. The second-order valence-corrected chi connectivity index (χ2v) is 6.98. The summed E-state index contributed by atoms with van der Waals surface area (Å²) in [5.41, 5.74) is 0.915. The quantitative estimate of drug-likeness (QED) is 0.534. The molecule has 0 saturated heterocycles. The van der Waals surface area contributed by atoms with Crippen LogP contribution in [0.1, 0.15) is 18.9 Å². The Morgan fingerprint density at radius 3 is 2.54 bits per heavy atom. The van der Waals surface area contributed by atoms with E-state index in [1.54, 1.807) is 12.1 Å². The molecule has 0 fully saturated rings. The average Bonchev–Trinajstić information content (AvgIpc) is 2.71. The van der Waals surface area contributed by atoms with Gasteiger partial charge in [0.05, 0.1) is 6.54 Å². The van der Waals surface area contributed by atoms with Gasteiger partial charge >= 0.3 is 0 Å². The first kappa shape index (κ1) is 20.0. The summed E-state index contributed by atoms with van der Waals surface area (Å²) < 4.78 is 11.6. The number of carbonyl (C=O) groups excluding carboxylic acids is 1. The number of nitrogens with one attached hydrogen (secondary N) is 1. The summed E-state index contributed by atoms with van der Waals surface area (Å²) in [4.78, 5) is 12.4. The minimum atomic E-state index is -0.554. The third kappa shape index (κ3) is 5.17. The van der Waals surface area contributed by atoms with Crippen molar-refractivity contribution in [3.8, 4) is 11.5 Å². The van der Waals surface area contributed by atoms with Crippen molar-refractivity contribution in [3.05, 3.63) is 71.2 Å². The number of amides is 1. The minimum Gasteiger partial charge on any atom is -0.492 e. The van der Waals surface area contributed by atoms with Crippen LogP contribution in [0.5, 0.6) is 11.5 Å². The van der Waals surface area contributed by atoms with Crippen LogP contribution in [0.4, 0.5) is 0 Å². The maximum Gasteiger partial charge on any atom is 0.261 e. The number of aryl methyl sites for hydroxylation is 1. The SMILES string of the molecule is CCC(Oc1ccc(Cl)c(C)c1)C(=O)NCCOc1ccc2ccccc2c1. The molecule has 5 heteroatoms. The lowest BCUT2D eigenvalue weighted by atomic mass is 10.1. The van der Waals surface area contributed by atoms with Gasteiger partial charge < -0.3 is 14.8 Å². The van der Waals surface area contributed by atoms with Crippen LogP contribution >= 0.6 is 11.6 Å². The molecule has 0 aliphatic heterocycles. The highest BCUT2D eigenvalue weighted by Gasteiger charge is 2.18. The number of rotatable bonds is 8. The molecule has 3 aromatic carbocycles. The summed E-state index contributed by atoms with van der Waals surface area (Å²) >= 11 is 6.03. The monoisotopic (exact) mass is 397 g/mol. The molecule has 3 aromatic rings. The standard InChI is InChI=1S/C23H24ClNO3/c1-3-22(28-20-10-11-21(24)16(2)14-20)23(26)25-12-13-27-19-9-8-17-6-4-5-7-18(17)15-19/h4-11,14-15,22H,3,12-13H2,1-2H3,(H,25,26). The Balaban J connectivity index is 1.48. The number of hydrogen-bond acceptors (Lipinski definition) is 3. The average molecular weight is 398 g/mol. The van der Waals surface area contributed by atoms with Crippen LogP contribution in [0, 0.1) is 6.92 Å². The molecule has 1 atom stereocenters. The maximum atomic E-state index is 12.4. The predicted octanol–water partition coefficient (Wildman–Crippen LogP) is 5.15. The highest BCUT2D eigenvalue weighted by Crippen LogP contribution is 2.22. The van der Waals surface area contributed by atoms with E-state index in [0.717, 1.165) is 16.7 Å². The molecule has 0 aliphatic rings. The fourth-order valence-corrected chi connectivity index (χ4v) is 3.01. The Hall–Kier alpha value is -2.72. The van der Waals surface area contributed by atoms with Crippen molar-refractivity contribution < 1.29 is 14.3 Å². The fraction of sp³-hybridized carbons (Fsp3) is 0.261. The number of hydrogen-bond donors (Lipinski definition) is 1. The summed E-state index contributed by atoms with van der Waals surface area (Å²) in [6, 6.07) is 19.5. The molecule has 1 unspecified atom stereocenters. The first-order chi connectivity index (χ1) is 13.6. The third-order valence-electron chi connectivity index (χ3n) is 4.46. The van der Waals surface area contributed by atoms with Gasteiger partial charge in [0, 0.05) is 5.02 Å². The van der Waals surface area contributed by atoms with E-state index in [-0.39, 0.29) is 5.91 Å². The molecular formula is C23H24ClNO3. The highest BCUT2D eigenvalue weighted by molar-refractivity contribution is 6.31. The van der Waals surface area contributed by atoms with Gasteiger partial charge in [0.1, 0.15) is 18.1 Å². The Bertz CT molecular complexity index is 957. The highest BCUT2D eigenvalue weighted by atomic mass is 35.5. The molecule has 4 nitrogen and oxygen atoms in total. The minimum absolute atomic E-state index is 0.155. The summed E-state index contributed by atoms with van der Waals surface area (Å²) in [5.74, 6) is 1.27. The number of fused-ring (bicyclic) bond motifs is 1. The van der Waals surface area contributed by atoms with Gasteiger partial charge in [-0.05, 0) is 60.0 Å². The zero-order valence-corrected chi connectivity index (χ0v) is 16.8. The van der Waals surface area contributed by atoms with Crippen molar-refractivity contribution in [1.82, 2.24) is 5.32 Å². The van der Waals surface area contributed by atoms with Gasteiger partial charge in [0.2, 0.25) is 0 Å². The summed E-state index contributed by atoms with van der Waals surface area (Å²) in [6.07, 6.45) is 0.0141. The van der Waals surface area contributed by atoms with E-state index >= 15 is 0 Å². The smallest absolute Gasteiger partial charge is 0.261 e. The second kappa shape index (κ2) is 9.47. The first-order valence-electron chi connectivity index (χ1n) is 9.39. The van der Waals surface area contributed by atoms with Gasteiger partial charge in [-0.3, -0.25) is 4.79 Å². The molecule has 1 N–H and O–H groups in total. The molecule has 28 heavy (non-hydrogen) atoms. The maximum absolute atomic E-state index is 12.4. The van der Waals surface area contributed by atoms with E-state index < -0.39 is 6.10 Å². The molecule has 0 bridgehead atoms. The molecule has 1 amide bonds. The largest absolute Gasteiger partial charge is 0.492 e. The number of halogens is 1. The molecule has 3 rings (SSSR count). The zero-order chi connectivity index (χ0) is 19.9. The number of benzene rings is 3. The lowest BCUT2D eigenvalue weighted by Gasteiger charge is -2.18. The third-order valence-corrected chi connectivity index (χ3v) is 4.89. The second-order valence-electron chi connectivity index (χ2n) is 6.57. The summed E-state index contributed by atoms with van der Waals surface area (Å²) in [6.45, 7) is 4.62. The van der Waals surface area contributed by atoms with E-state index in [4.69, 9.17) is 21.1 Å². The van der Waals surface area contributed by atoms with Gasteiger partial charge in [-0.15, -0.1) is 0 Å². The van der Waals surface area contributed by atoms with Crippen LogP contribution in [0.3, 0.4) is 0 Å². The van der Waals surface area contributed by atoms with E-state index in [1.807, 2.05) is 56.3 Å². The van der Waals surface area contributed by atoms with Gasteiger partial charge in [-0.1, -0.05) is 48.9 Å². The summed E-state index contributed by atoms with van der Waals surface area (Å²) in [7, 11) is 0. The Morgan fingerprint density at radius 2 is 1.79 bits per heavy atom. The van der Waals surface area contributed by atoms with Crippen molar-refractivity contribution >= 4 is 28.3 Å². The van der Waals surface area contributed by atoms with Crippen LogP contribution in [0.15, 0.2) is 60.7 Å². The van der Waals surface area contributed by atoms with Gasteiger partial charge in [-0.2, -0.15) is 0 Å². The molecule has 146 valence electrons. The van der Waals surface area contributed by atoms with E-state index in [9.17, 15) is 4.79 Å². The number of carbonyl (C=O) groups is 1. The molecule has 0 aliphatic carbocycles. The van der Waals surface area contributed by atoms with Crippen LogP contribution in [0.25, 0.3) is 10.8 Å². The van der Waals surface area contributed by atoms with Gasteiger partial charge in [0.25, 0.3) is 5.91 Å². The zero-order valence-electron chi connectivity index (χ0n) is 16.1. The molecule has 0 heterocycles. The van der Waals surface area contributed by atoms with E-state index in [1.165, 1.54) is 5.39 Å². The van der Waals surface area contributed by atoms with Gasteiger partial charge in [0.15, 0.2) is 6.10 Å². The Labute approximate surface area is 170 Å². The summed E-state index contributed by atoms with van der Waals surface area (Å²) in [5, 5.41) is 5.85. The van der Waals surface area contributed by atoms with E-state index in [2.05, 4.69) is 11.4 Å². The van der Waals surface area contributed by atoms with Crippen molar-refractivity contribution in [2.24, 2.45) is 0 Å². The molecular weight excluding hydrogens is 374 g/mol. The van der Waals surface area contributed by atoms with Crippen LogP contribution in [-0.2, 0) is 4.79 Å². The molecule has 0 radical (unpaired) electrons. The van der Waals surface area contributed by atoms with Crippen molar-refractivity contribution in [2.75, 3.05) is 13.2 Å². The van der Waals surface area contributed by atoms with Crippen molar-refractivity contribution in [1.29, 1.82) is 0 Å². The van der Waals surface area contributed by atoms with Crippen LogP contribution < -0.4 is 14.8 Å². The van der Waals surface area contributed by atoms with Crippen LogP contribution in [-0.4, -0.2) is 25.2 Å². The van der Waals surface area contributed by atoms with Crippen molar-refractivity contribution in [2.45, 2.75) is 26.4 Å². The molecule has 0 saturated carbocycles. The number of ether oxygens (including phenoxy) is 2. The fourth-order valence-electron chi connectivity index (χ4n) is 2.89. The topological polar surface area (TPSA) is 47.6 Å². The van der Waals surface area contributed by atoms with Gasteiger partial charge in [-0.25, -0.2) is 0 Å². The lowest BCUT2D eigenvalue weighted by Crippen LogP contribution is -2.39. The Morgan fingerprint density at radius 1 is 1.04 bits per heavy atom. The lowest BCUT2D eigenvalue weighted by molar-refractivity contribution is -0.128. The molecule has 0 aromatic heterocycles. The van der Waals surface area contributed by atoms with E-state index in [0.29, 0.717) is 30.3 Å². The van der Waals surface area contributed by atoms with Crippen LogP contribution in [0.2, 0.25) is 5.02 Å². The van der Waals surface area contributed by atoms with Crippen molar-refractivity contribution in [3.63, 3.8) is 0 Å². The molecule has 0 spiro atoms. The Kier molecular flexibility index (Phi) is 6.77. The first-order valence-corrected chi connectivity index (χ1v) is 9.76.